The van der Waals surface area contributed by atoms with E-state index in [0.717, 1.165) is 27.6 Å². The highest BCUT2D eigenvalue weighted by Gasteiger charge is 2.14. The minimum atomic E-state index is -1.05. The topological polar surface area (TPSA) is 55.8 Å². The number of aliphatic carboxylic acids is 1. The van der Waals surface area contributed by atoms with Gasteiger partial charge in [-0.1, -0.05) is 48.5 Å². The third-order valence-corrected chi connectivity index (χ3v) is 5.27. The lowest BCUT2D eigenvalue weighted by molar-refractivity contribution is -0.130. The molecule has 0 aliphatic heterocycles. The SMILES string of the molecule is C=C(C(=O)O)c1ccc(Oc2c(-c3ccc(Cl)cc3)ccc3cc(OC)ccc23)cc1. The van der Waals surface area contributed by atoms with E-state index in [9.17, 15) is 4.79 Å². The van der Waals surface area contributed by atoms with Gasteiger partial charge >= 0.3 is 5.97 Å². The van der Waals surface area contributed by atoms with E-state index in [0.29, 0.717) is 22.1 Å². The van der Waals surface area contributed by atoms with Crippen molar-refractivity contribution in [1.82, 2.24) is 0 Å². The number of hydrogen-bond acceptors (Lipinski definition) is 3. The fourth-order valence-electron chi connectivity index (χ4n) is 3.34. The molecule has 4 aromatic rings. The molecule has 4 rings (SSSR count). The third-order valence-electron chi connectivity index (χ3n) is 5.01. The molecule has 0 unspecified atom stereocenters. The van der Waals surface area contributed by atoms with E-state index in [1.807, 2.05) is 54.6 Å². The number of carbonyl (C=O) groups is 1. The monoisotopic (exact) mass is 430 g/mol. The Labute approximate surface area is 184 Å². The summed E-state index contributed by atoms with van der Waals surface area (Å²) in [7, 11) is 1.63. The van der Waals surface area contributed by atoms with Crippen LogP contribution in [-0.2, 0) is 4.79 Å². The van der Waals surface area contributed by atoms with E-state index in [1.54, 1.807) is 31.4 Å². The molecule has 154 valence electrons. The molecule has 0 saturated heterocycles. The van der Waals surface area contributed by atoms with Crippen molar-refractivity contribution in [3.05, 3.63) is 96.0 Å². The number of rotatable bonds is 6. The van der Waals surface area contributed by atoms with Crippen molar-refractivity contribution in [2.75, 3.05) is 7.11 Å². The number of carboxylic acid groups (broad SMARTS) is 1. The van der Waals surface area contributed by atoms with Gasteiger partial charge in [0.15, 0.2) is 0 Å². The van der Waals surface area contributed by atoms with E-state index >= 15 is 0 Å². The maximum absolute atomic E-state index is 11.1. The number of ether oxygens (including phenoxy) is 2. The van der Waals surface area contributed by atoms with Crippen LogP contribution < -0.4 is 9.47 Å². The Bertz CT molecular complexity index is 1280. The smallest absolute Gasteiger partial charge is 0.335 e. The summed E-state index contributed by atoms with van der Waals surface area (Å²) >= 11 is 6.07. The Morgan fingerprint density at radius 1 is 0.903 bits per heavy atom. The molecule has 0 amide bonds. The number of carboxylic acids is 1. The minimum Gasteiger partial charge on any atom is -0.497 e. The Kier molecular flexibility index (Phi) is 5.65. The quantitative estimate of drug-likeness (QED) is 0.333. The predicted octanol–water partition coefficient (Wildman–Crippen LogP) is 7.06. The van der Waals surface area contributed by atoms with Gasteiger partial charge in [-0.2, -0.15) is 0 Å². The average molecular weight is 431 g/mol. The largest absolute Gasteiger partial charge is 0.497 e. The molecule has 0 aromatic heterocycles. The first-order chi connectivity index (χ1) is 15.0. The molecule has 4 aromatic carbocycles. The first-order valence-electron chi connectivity index (χ1n) is 9.53. The van der Waals surface area contributed by atoms with E-state index in [-0.39, 0.29) is 5.57 Å². The van der Waals surface area contributed by atoms with Crippen LogP contribution in [0.1, 0.15) is 5.56 Å². The molecular weight excluding hydrogens is 412 g/mol. The first-order valence-corrected chi connectivity index (χ1v) is 9.91. The molecule has 0 aliphatic carbocycles. The van der Waals surface area contributed by atoms with Crippen LogP contribution in [0.15, 0.2) is 85.4 Å². The number of benzene rings is 4. The zero-order valence-corrected chi connectivity index (χ0v) is 17.5. The highest BCUT2D eigenvalue weighted by atomic mass is 35.5. The molecule has 5 heteroatoms. The summed E-state index contributed by atoms with van der Waals surface area (Å²) in [5, 5.41) is 11.7. The molecule has 0 radical (unpaired) electrons. The highest BCUT2D eigenvalue weighted by molar-refractivity contribution is 6.30. The molecule has 0 saturated carbocycles. The molecule has 0 spiro atoms. The summed E-state index contributed by atoms with van der Waals surface area (Å²) in [6.07, 6.45) is 0. The maximum Gasteiger partial charge on any atom is 0.335 e. The summed E-state index contributed by atoms with van der Waals surface area (Å²) in [4.78, 5) is 11.1. The number of halogens is 1. The summed E-state index contributed by atoms with van der Waals surface area (Å²) in [6.45, 7) is 3.59. The number of fused-ring (bicyclic) bond motifs is 1. The van der Waals surface area contributed by atoms with Crippen molar-refractivity contribution >= 4 is 33.9 Å². The second-order valence-electron chi connectivity index (χ2n) is 6.95. The van der Waals surface area contributed by atoms with Crippen LogP contribution >= 0.6 is 11.6 Å². The van der Waals surface area contributed by atoms with Gasteiger partial charge in [-0.25, -0.2) is 4.79 Å². The van der Waals surface area contributed by atoms with Gasteiger partial charge in [0.05, 0.1) is 12.7 Å². The molecule has 31 heavy (non-hydrogen) atoms. The zero-order valence-electron chi connectivity index (χ0n) is 16.8. The van der Waals surface area contributed by atoms with Gasteiger partial charge in [0.25, 0.3) is 0 Å². The second-order valence-corrected chi connectivity index (χ2v) is 7.38. The number of hydrogen-bond donors (Lipinski definition) is 1. The van der Waals surface area contributed by atoms with Gasteiger partial charge in [-0.05, 0) is 65.0 Å². The first kappa shape index (κ1) is 20.5. The summed E-state index contributed by atoms with van der Waals surface area (Å²) in [6, 6.07) is 24.2. The number of methoxy groups -OCH3 is 1. The van der Waals surface area contributed by atoms with Crippen LogP contribution in [0, 0.1) is 0 Å². The lowest BCUT2D eigenvalue weighted by Gasteiger charge is -2.16. The van der Waals surface area contributed by atoms with Crippen LogP contribution in [0.3, 0.4) is 0 Å². The Balaban J connectivity index is 1.81. The summed E-state index contributed by atoms with van der Waals surface area (Å²) in [5.41, 5.74) is 2.44. The minimum absolute atomic E-state index is 0.0330. The fraction of sp³-hybridized carbons (Fsp3) is 0.0385. The zero-order chi connectivity index (χ0) is 22.0. The molecule has 0 aliphatic rings. The third kappa shape index (κ3) is 4.25. The second kappa shape index (κ2) is 8.54. The summed E-state index contributed by atoms with van der Waals surface area (Å²) in [5.74, 6) is 0.976. The van der Waals surface area contributed by atoms with Gasteiger partial charge in [-0.3, -0.25) is 0 Å². The standard InChI is InChI=1S/C26H19ClO4/c1-16(26(28)29)17-5-10-21(11-6-17)31-25-23(18-3-8-20(27)9-4-18)13-7-19-15-22(30-2)12-14-24(19)25/h3-15H,1H2,2H3,(H,28,29). The maximum atomic E-state index is 11.1. The normalized spacial score (nSPS) is 10.6. The van der Waals surface area contributed by atoms with E-state index in [1.165, 1.54) is 0 Å². The van der Waals surface area contributed by atoms with E-state index in [2.05, 4.69) is 6.58 Å². The van der Waals surface area contributed by atoms with Crippen molar-refractivity contribution in [2.45, 2.75) is 0 Å². The summed E-state index contributed by atoms with van der Waals surface area (Å²) < 4.78 is 11.7. The van der Waals surface area contributed by atoms with Crippen molar-refractivity contribution in [3.63, 3.8) is 0 Å². The van der Waals surface area contributed by atoms with Crippen molar-refractivity contribution in [1.29, 1.82) is 0 Å². The lowest BCUT2D eigenvalue weighted by Crippen LogP contribution is -1.97. The molecule has 0 bridgehead atoms. The fourth-order valence-corrected chi connectivity index (χ4v) is 3.46. The van der Waals surface area contributed by atoms with Gasteiger partial charge in [0, 0.05) is 16.0 Å². The van der Waals surface area contributed by atoms with Gasteiger partial charge in [0.1, 0.15) is 17.2 Å². The van der Waals surface area contributed by atoms with Crippen LogP contribution in [0.4, 0.5) is 0 Å². The van der Waals surface area contributed by atoms with Crippen LogP contribution in [0.5, 0.6) is 17.2 Å². The Hall–Kier alpha value is -3.76. The van der Waals surface area contributed by atoms with Crippen LogP contribution in [-0.4, -0.2) is 18.2 Å². The molecule has 0 heterocycles. The average Bonchev–Trinajstić information content (AvgIpc) is 2.79. The molecule has 4 nitrogen and oxygen atoms in total. The van der Waals surface area contributed by atoms with Crippen LogP contribution in [0.2, 0.25) is 5.02 Å². The lowest BCUT2D eigenvalue weighted by atomic mass is 9.99. The molecular formula is C26H19ClO4. The highest BCUT2D eigenvalue weighted by Crippen LogP contribution is 2.41. The predicted molar refractivity (Wildman–Crippen MR) is 124 cm³/mol. The van der Waals surface area contributed by atoms with Gasteiger partial charge in [-0.15, -0.1) is 0 Å². The van der Waals surface area contributed by atoms with Crippen molar-refractivity contribution in [2.24, 2.45) is 0 Å². The van der Waals surface area contributed by atoms with E-state index < -0.39 is 5.97 Å². The van der Waals surface area contributed by atoms with Gasteiger partial charge in [0.2, 0.25) is 0 Å². The van der Waals surface area contributed by atoms with Crippen molar-refractivity contribution in [3.8, 4) is 28.4 Å². The van der Waals surface area contributed by atoms with Crippen molar-refractivity contribution < 1.29 is 19.4 Å². The van der Waals surface area contributed by atoms with Gasteiger partial charge < -0.3 is 14.6 Å². The molecule has 1 N–H and O–H groups in total. The molecule has 0 atom stereocenters. The Morgan fingerprint density at radius 2 is 1.58 bits per heavy atom. The van der Waals surface area contributed by atoms with Crippen LogP contribution in [0.25, 0.3) is 27.5 Å². The molecule has 0 fully saturated rings. The van der Waals surface area contributed by atoms with E-state index in [4.69, 9.17) is 26.2 Å². The Morgan fingerprint density at radius 3 is 2.23 bits per heavy atom.